The van der Waals surface area contributed by atoms with Crippen molar-refractivity contribution in [3.8, 4) is 17.6 Å². The third-order valence-corrected chi connectivity index (χ3v) is 3.91. The van der Waals surface area contributed by atoms with Crippen LogP contribution in [0.15, 0.2) is 18.2 Å². The lowest BCUT2D eigenvalue weighted by Gasteiger charge is -2.28. The second-order valence-electron chi connectivity index (χ2n) is 5.27. The molecular weight excluding hydrogens is 255 g/mol. The van der Waals surface area contributed by atoms with Crippen molar-refractivity contribution in [2.24, 2.45) is 5.92 Å². The van der Waals surface area contributed by atoms with E-state index in [2.05, 4.69) is 18.8 Å². The van der Waals surface area contributed by atoms with Crippen molar-refractivity contribution in [2.75, 3.05) is 6.61 Å². The van der Waals surface area contributed by atoms with Gasteiger partial charge in [-0.15, -0.1) is 0 Å². The fourth-order valence-electron chi connectivity index (χ4n) is 2.65. The van der Waals surface area contributed by atoms with Crippen LogP contribution in [0.2, 0.25) is 0 Å². The van der Waals surface area contributed by atoms with Crippen LogP contribution < -0.4 is 4.74 Å². The van der Waals surface area contributed by atoms with E-state index in [0.29, 0.717) is 5.56 Å². The first-order valence-corrected chi connectivity index (χ1v) is 7.28. The number of ether oxygens (including phenoxy) is 1. The Labute approximate surface area is 120 Å². The summed E-state index contributed by atoms with van der Waals surface area (Å²) in [6.45, 7) is 2.02. The summed E-state index contributed by atoms with van der Waals surface area (Å²) in [7, 11) is 0. The number of hydrogen-bond donors (Lipinski definition) is 1. The van der Waals surface area contributed by atoms with Crippen LogP contribution in [-0.4, -0.2) is 17.8 Å². The van der Waals surface area contributed by atoms with Gasteiger partial charge >= 0.3 is 0 Å². The van der Waals surface area contributed by atoms with Gasteiger partial charge in [0, 0.05) is 5.56 Å². The van der Waals surface area contributed by atoms with Gasteiger partial charge in [0.05, 0.1) is 6.10 Å². The fourth-order valence-corrected chi connectivity index (χ4v) is 2.65. The Hall–Kier alpha value is -1.53. The van der Waals surface area contributed by atoms with Crippen LogP contribution >= 0.6 is 0 Å². The summed E-state index contributed by atoms with van der Waals surface area (Å²) in [4.78, 5) is 0. The Morgan fingerprint density at radius 2 is 2.05 bits per heavy atom. The van der Waals surface area contributed by atoms with Crippen LogP contribution in [0, 0.1) is 23.6 Å². The van der Waals surface area contributed by atoms with E-state index >= 15 is 0 Å². The molecule has 0 spiro atoms. The molecule has 0 aliphatic heterocycles. The molecule has 0 amide bonds. The lowest BCUT2D eigenvalue weighted by Crippen LogP contribution is -2.24. The van der Waals surface area contributed by atoms with E-state index in [4.69, 9.17) is 9.84 Å². The maximum Gasteiger partial charge on any atom is 0.165 e. The van der Waals surface area contributed by atoms with Crippen molar-refractivity contribution in [3.05, 3.63) is 29.6 Å². The average molecular weight is 276 g/mol. The molecule has 1 aliphatic rings. The Morgan fingerprint density at radius 1 is 1.30 bits per heavy atom. The molecule has 1 aromatic carbocycles. The third-order valence-electron chi connectivity index (χ3n) is 3.91. The highest BCUT2D eigenvalue weighted by molar-refractivity contribution is 5.40. The summed E-state index contributed by atoms with van der Waals surface area (Å²) < 4.78 is 19.6. The smallest absolute Gasteiger partial charge is 0.165 e. The molecule has 108 valence electrons. The van der Waals surface area contributed by atoms with Crippen molar-refractivity contribution >= 4 is 0 Å². The summed E-state index contributed by atoms with van der Waals surface area (Å²) in [6.07, 6.45) is 5.62. The van der Waals surface area contributed by atoms with Gasteiger partial charge in [0.2, 0.25) is 0 Å². The molecule has 0 unspecified atom stereocenters. The molecule has 0 heterocycles. The minimum absolute atomic E-state index is 0.105. The van der Waals surface area contributed by atoms with Crippen LogP contribution in [0.5, 0.6) is 5.75 Å². The largest absolute Gasteiger partial charge is 0.487 e. The van der Waals surface area contributed by atoms with Crippen LogP contribution in [0.1, 0.15) is 44.6 Å². The first-order valence-electron chi connectivity index (χ1n) is 7.28. The molecule has 0 radical (unpaired) electrons. The van der Waals surface area contributed by atoms with E-state index in [1.54, 1.807) is 12.1 Å². The van der Waals surface area contributed by atoms with Gasteiger partial charge in [-0.1, -0.05) is 25.2 Å². The molecule has 0 saturated heterocycles. The molecule has 20 heavy (non-hydrogen) atoms. The summed E-state index contributed by atoms with van der Waals surface area (Å²) >= 11 is 0. The highest BCUT2D eigenvalue weighted by Gasteiger charge is 2.22. The SMILES string of the molecule is CCC1CCC(Oc2cc(C#CCO)ccc2F)CC1. The van der Waals surface area contributed by atoms with Gasteiger partial charge in [-0.2, -0.15) is 0 Å². The molecule has 1 aromatic rings. The van der Waals surface area contributed by atoms with E-state index < -0.39 is 0 Å². The second kappa shape index (κ2) is 7.31. The fraction of sp³-hybridized carbons (Fsp3) is 0.529. The molecule has 1 fully saturated rings. The Bertz CT molecular complexity index is 493. The maximum absolute atomic E-state index is 13.8. The van der Waals surface area contributed by atoms with Crippen molar-refractivity contribution in [1.82, 2.24) is 0 Å². The molecular formula is C17H21FO2. The number of halogens is 1. The molecule has 1 N–H and O–H groups in total. The third kappa shape index (κ3) is 3.98. The van der Waals surface area contributed by atoms with Gasteiger partial charge in [0.25, 0.3) is 0 Å². The van der Waals surface area contributed by atoms with Crippen LogP contribution in [0.3, 0.4) is 0 Å². The number of aliphatic hydroxyl groups is 1. The van der Waals surface area contributed by atoms with Crippen molar-refractivity contribution in [3.63, 3.8) is 0 Å². The first-order chi connectivity index (χ1) is 9.72. The highest BCUT2D eigenvalue weighted by atomic mass is 19.1. The summed E-state index contributed by atoms with van der Waals surface area (Å²) in [6, 6.07) is 4.58. The van der Waals surface area contributed by atoms with Gasteiger partial charge in [-0.05, 0) is 49.8 Å². The molecule has 1 saturated carbocycles. The molecule has 3 heteroatoms. The average Bonchev–Trinajstić information content (AvgIpc) is 2.49. The normalized spacial score (nSPS) is 21.9. The van der Waals surface area contributed by atoms with E-state index in [1.165, 1.54) is 12.5 Å². The summed E-state index contributed by atoms with van der Waals surface area (Å²) in [5.41, 5.74) is 0.665. The zero-order valence-electron chi connectivity index (χ0n) is 11.9. The molecule has 2 nitrogen and oxygen atoms in total. The van der Waals surface area contributed by atoms with E-state index in [9.17, 15) is 4.39 Å². The van der Waals surface area contributed by atoms with E-state index in [0.717, 1.165) is 31.6 Å². The number of benzene rings is 1. The van der Waals surface area contributed by atoms with Gasteiger partial charge in [0.15, 0.2) is 11.6 Å². The molecule has 0 aromatic heterocycles. The van der Waals surface area contributed by atoms with Crippen molar-refractivity contribution in [2.45, 2.75) is 45.1 Å². The van der Waals surface area contributed by atoms with Gasteiger partial charge in [-0.3, -0.25) is 0 Å². The zero-order chi connectivity index (χ0) is 14.4. The van der Waals surface area contributed by atoms with Crippen molar-refractivity contribution < 1.29 is 14.2 Å². The number of rotatable bonds is 3. The Balaban J connectivity index is 2.01. The Morgan fingerprint density at radius 3 is 2.70 bits per heavy atom. The Kier molecular flexibility index (Phi) is 5.43. The molecule has 2 rings (SSSR count). The van der Waals surface area contributed by atoms with Crippen LogP contribution in [0.25, 0.3) is 0 Å². The monoisotopic (exact) mass is 276 g/mol. The first kappa shape index (κ1) is 14.9. The lowest BCUT2D eigenvalue weighted by molar-refractivity contribution is 0.125. The zero-order valence-corrected chi connectivity index (χ0v) is 11.9. The summed E-state index contributed by atoms with van der Waals surface area (Å²) in [5.74, 6) is 6.04. The minimum atomic E-state index is -0.350. The van der Waals surface area contributed by atoms with E-state index in [1.807, 2.05) is 0 Å². The summed E-state index contributed by atoms with van der Waals surface area (Å²) in [5, 5.41) is 8.68. The minimum Gasteiger partial charge on any atom is -0.487 e. The van der Waals surface area contributed by atoms with Crippen molar-refractivity contribution in [1.29, 1.82) is 0 Å². The van der Waals surface area contributed by atoms with Crippen LogP contribution in [-0.2, 0) is 0 Å². The van der Waals surface area contributed by atoms with E-state index in [-0.39, 0.29) is 24.3 Å². The molecule has 1 aliphatic carbocycles. The quantitative estimate of drug-likeness (QED) is 0.856. The standard InChI is InChI=1S/C17H21FO2/c1-2-13-5-8-15(9-6-13)20-17-12-14(4-3-11-19)7-10-16(17)18/h7,10,12-13,15,19H,2,5-6,8-9,11H2,1H3. The topological polar surface area (TPSA) is 29.5 Å². The number of hydrogen-bond acceptors (Lipinski definition) is 2. The van der Waals surface area contributed by atoms with Gasteiger partial charge in [-0.25, -0.2) is 4.39 Å². The van der Waals surface area contributed by atoms with Crippen LogP contribution in [0.4, 0.5) is 4.39 Å². The number of aliphatic hydroxyl groups excluding tert-OH is 1. The van der Waals surface area contributed by atoms with Gasteiger partial charge in [0.1, 0.15) is 6.61 Å². The molecule has 0 atom stereocenters. The predicted octanol–water partition coefficient (Wildman–Crippen LogP) is 3.52. The van der Waals surface area contributed by atoms with Gasteiger partial charge < -0.3 is 9.84 Å². The highest BCUT2D eigenvalue weighted by Crippen LogP contribution is 2.30. The maximum atomic E-state index is 13.8. The molecule has 0 bridgehead atoms. The second-order valence-corrected chi connectivity index (χ2v) is 5.27. The predicted molar refractivity (Wildman–Crippen MR) is 77.0 cm³/mol. The lowest BCUT2D eigenvalue weighted by atomic mass is 9.86.